The van der Waals surface area contributed by atoms with E-state index in [0.29, 0.717) is 11.3 Å². The molecule has 2 aromatic carbocycles. The number of hydrogen-bond donors (Lipinski definition) is 2. The van der Waals surface area contributed by atoms with Crippen molar-refractivity contribution in [1.82, 2.24) is 0 Å². The van der Waals surface area contributed by atoms with Crippen LogP contribution in [0.2, 0.25) is 0 Å². The first-order valence-electron chi connectivity index (χ1n) is 10.4. The van der Waals surface area contributed by atoms with E-state index in [1.54, 1.807) is 12.3 Å². The van der Waals surface area contributed by atoms with Crippen LogP contribution in [0.1, 0.15) is 91.0 Å². The number of phenolic OH excluding ortho intramolecular Hbond substituents is 2. The average Bonchev–Trinajstić information content (AvgIpc) is 2.59. The van der Waals surface area contributed by atoms with Gasteiger partial charge in [0, 0.05) is 17.3 Å². The van der Waals surface area contributed by atoms with Crippen molar-refractivity contribution in [2.75, 3.05) is 0 Å². The number of rotatable bonds is 4. The molecule has 0 saturated heterocycles. The van der Waals surface area contributed by atoms with Gasteiger partial charge in [0.15, 0.2) is 0 Å². The Morgan fingerprint density at radius 1 is 0.828 bits per heavy atom. The molecule has 0 atom stereocenters. The first kappa shape index (κ1) is 23.0. The molecule has 0 bridgehead atoms. The summed E-state index contributed by atoms with van der Waals surface area (Å²) < 4.78 is 0. The molecule has 0 spiro atoms. The number of benzene rings is 2. The van der Waals surface area contributed by atoms with Gasteiger partial charge in [0.2, 0.25) is 0 Å². The lowest BCUT2D eigenvalue weighted by atomic mass is 9.79. The number of nitrogens with zero attached hydrogens (tertiary/aromatic N) is 1. The van der Waals surface area contributed by atoms with E-state index < -0.39 is 0 Å². The van der Waals surface area contributed by atoms with Crippen molar-refractivity contribution in [3.8, 4) is 11.5 Å². The summed E-state index contributed by atoms with van der Waals surface area (Å²) >= 11 is 0. The van der Waals surface area contributed by atoms with Crippen LogP contribution in [0.25, 0.3) is 0 Å². The third-order valence-electron chi connectivity index (χ3n) is 5.80. The van der Waals surface area contributed by atoms with Crippen molar-refractivity contribution >= 4 is 11.9 Å². The van der Waals surface area contributed by atoms with Crippen molar-refractivity contribution in [3.05, 3.63) is 52.6 Å². The van der Waals surface area contributed by atoms with Gasteiger partial charge in [-0.05, 0) is 52.0 Å². The van der Waals surface area contributed by atoms with E-state index in [9.17, 15) is 10.2 Å². The monoisotopic (exact) mass is 395 g/mol. The zero-order valence-electron chi connectivity index (χ0n) is 19.5. The highest BCUT2D eigenvalue weighted by molar-refractivity contribution is 5.87. The Kier molecular flexibility index (Phi) is 6.23. The Labute approximate surface area is 176 Å². The molecule has 0 aliphatic rings. The molecule has 3 nitrogen and oxygen atoms in total. The molecular formula is C26H37NO2. The first-order valence-corrected chi connectivity index (χ1v) is 10.4. The van der Waals surface area contributed by atoms with Crippen LogP contribution < -0.4 is 0 Å². The van der Waals surface area contributed by atoms with Crippen molar-refractivity contribution in [3.63, 3.8) is 0 Å². The molecule has 0 aliphatic heterocycles. The molecule has 2 aromatic rings. The van der Waals surface area contributed by atoms with E-state index in [-0.39, 0.29) is 27.7 Å². The second-order valence-corrected chi connectivity index (χ2v) is 10.7. The van der Waals surface area contributed by atoms with Crippen LogP contribution in [-0.2, 0) is 16.2 Å². The molecule has 0 aliphatic carbocycles. The third kappa shape index (κ3) is 5.20. The lowest BCUT2D eigenvalue weighted by Crippen LogP contribution is -2.17. The Hall–Kier alpha value is -2.29. The molecule has 2 rings (SSSR count). The zero-order chi connectivity index (χ0) is 22.2. The second kappa shape index (κ2) is 7.85. The predicted octanol–water partition coefficient (Wildman–Crippen LogP) is 7.13. The normalized spacial score (nSPS) is 13.3. The molecule has 29 heavy (non-hydrogen) atoms. The van der Waals surface area contributed by atoms with Gasteiger partial charge < -0.3 is 10.2 Å². The van der Waals surface area contributed by atoms with Crippen LogP contribution in [0, 0.1) is 0 Å². The molecule has 0 saturated carbocycles. The number of phenols is 2. The minimum atomic E-state index is -0.193. The maximum absolute atomic E-state index is 10.9. The van der Waals surface area contributed by atoms with Gasteiger partial charge in [-0.1, -0.05) is 74.4 Å². The highest BCUT2D eigenvalue weighted by Gasteiger charge is 2.24. The van der Waals surface area contributed by atoms with Gasteiger partial charge in [-0.2, -0.15) is 0 Å². The predicted molar refractivity (Wildman–Crippen MR) is 124 cm³/mol. The van der Waals surface area contributed by atoms with Gasteiger partial charge in [-0.15, -0.1) is 0 Å². The van der Waals surface area contributed by atoms with Gasteiger partial charge in [-0.3, -0.25) is 4.99 Å². The quantitative estimate of drug-likeness (QED) is 0.541. The summed E-state index contributed by atoms with van der Waals surface area (Å²) in [5.74, 6) is 0.387. The molecular weight excluding hydrogens is 358 g/mol. The standard InChI is InChI=1S/C26H37NO2/c1-10-26(8,9)18-11-12-22(28)21(15-18)27-16-17-13-19(24(2,3)4)14-20(23(17)29)25(5,6)7/h11-16,28-29H,10H2,1-9H3. The Morgan fingerprint density at radius 2 is 1.45 bits per heavy atom. The average molecular weight is 396 g/mol. The molecule has 2 N–H and O–H groups in total. The lowest BCUT2D eigenvalue weighted by molar-refractivity contribution is 0.444. The van der Waals surface area contributed by atoms with E-state index in [0.717, 1.165) is 23.1 Å². The van der Waals surface area contributed by atoms with Gasteiger partial charge >= 0.3 is 0 Å². The molecule has 0 heterocycles. The van der Waals surface area contributed by atoms with Crippen LogP contribution in [0.15, 0.2) is 35.3 Å². The van der Waals surface area contributed by atoms with E-state index in [2.05, 4.69) is 73.4 Å². The maximum atomic E-state index is 10.9. The summed E-state index contributed by atoms with van der Waals surface area (Å²) in [6.45, 7) is 19.3. The molecule has 0 radical (unpaired) electrons. The van der Waals surface area contributed by atoms with E-state index in [4.69, 9.17) is 0 Å². The third-order valence-corrected chi connectivity index (χ3v) is 5.80. The number of aliphatic imine (C=N–C) groups is 1. The lowest BCUT2D eigenvalue weighted by Gasteiger charge is -2.27. The van der Waals surface area contributed by atoms with Crippen LogP contribution in [0.3, 0.4) is 0 Å². The highest BCUT2D eigenvalue weighted by Crippen LogP contribution is 2.38. The Balaban J connectivity index is 2.59. The fraction of sp³-hybridized carbons (Fsp3) is 0.500. The fourth-order valence-corrected chi connectivity index (χ4v) is 3.15. The first-order chi connectivity index (χ1) is 13.2. The minimum absolute atomic E-state index is 0.00562. The van der Waals surface area contributed by atoms with E-state index >= 15 is 0 Å². The van der Waals surface area contributed by atoms with Crippen molar-refractivity contribution in [2.24, 2.45) is 4.99 Å². The molecule has 0 unspecified atom stereocenters. The summed E-state index contributed by atoms with van der Waals surface area (Å²) in [5.41, 5.74) is 4.12. The summed E-state index contributed by atoms with van der Waals surface area (Å²) in [7, 11) is 0. The van der Waals surface area contributed by atoms with Crippen LogP contribution in [0.4, 0.5) is 5.69 Å². The minimum Gasteiger partial charge on any atom is -0.507 e. The SMILES string of the molecule is CCC(C)(C)c1ccc(O)c(N=Cc2cc(C(C)(C)C)cc(C(C)(C)C)c2O)c1. The molecule has 158 valence electrons. The number of aromatic hydroxyl groups is 2. The van der Waals surface area contributed by atoms with Crippen LogP contribution >= 0.6 is 0 Å². The van der Waals surface area contributed by atoms with Crippen LogP contribution in [0.5, 0.6) is 11.5 Å². The molecule has 3 heteroatoms. The fourth-order valence-electron chi connectivity index (χ4n) is 3.15. The molecule has 0 fully saturated rings. The molecule has 0 amide bonds. The summed E-state index contributed by atoms with van der Waals surface area (Å²) in [6, 6.07) is 9.67. The molecule has 0 aromatic heterocycles. The Morgan fingerprint density at radius 3 is 1.97 bits per heavy atom. The summed E-state index contributed by atoms with van der Waals surface area (Å²) in [6.07, 6.45) is 2.65. The van der Waals surface area contributed by atoms with Gasteiger partial charge in [0.05, 0.1) is 0 Å². The van der Waals surface area contributed by atoms with Crippen molar-refractivity contribution in [2.45, 2.75) is 85.0 Å². The highest BCUT2D eigenvalue weighted by atomic mass is 16.3. The van der Waals surface area contributed by atoms with E-state index in [1.165, 1.54) is 0 Å². The van der Waals surface area contributed by atoms with Gasteiger partial charge in [0.1, 0.15) is 17.2 Å². The topological polar surface area (TPSA) is 52.8 Å². The Bertz CT molecular complexity index is 910. The van der Waals surface area contributed by atoms with Gasteiger partial charge in [0.25, 0.3) is 0 Å². The van der Waals surface area contributed by atoms with Crippen LogP contribution in [-0.4, -0.2) is 16.4 Å². The maximum Gasteiger partial charge on any atom is 0.141 e. The van der Waals surface area contributed by atoms with Crippen molar-refractivity contribution in [1.29, 1.82) is 0 Å². The second-order valence-electron chi connectivity index (χ2n) is 10.7. The zero-order valence-corrected chi connectivity index (χ0v) is 19.5. The van der Waals surface area contributed by atoms with Crippen molar-refractivity contribution < 1.29 is 10.2 Å². The summed E-state index contributed by atoms with van der Waals surface area (Å²) in [5, 5.41) is 21.2. The largest absolute Gasteiger partial charge is 0.507 e. The number of hydrogen-bond acceptors (Lipinski definition) is 3. The summed E-state index contributed by atoms with van der Waals surface area (Å²) in [4.78, 5) is 4.56. The smallest absolute Gasteiger partial charge is 0.141 e. The van der Waals surface area contributed by atoms with Gasteiger partial charge in [-0.25, -0.2) is 0 Å². The van der Waals surface area contributed by atoms with E-state index in [1.807, 2.05) is 18.2 Å².